The second-order valence-electron chi connectivity index (χ2n) is 5.28. The van der Waals surface area contributed by atoms with E-state index in [1.54, 1.807) is 0 Å². The summed E-state index contributed by atoms with van der Waals surface area (Å²) in [6, 6.07) is -1.33. The van der Waals surface area contributed by atoms with Crippen LogP contribution in [0.15, 0.2) is 4.99 Å². The van der Waals surface area contributed by atoms with E-state index in [9.17, 15) is 14.4 Å². The lowest BCUT2D eigenvalue weighted by Gasteiger charge is -2.24. The van der Waals surface area contributed by atoms with E-state index in [1.165, 1.54) is 11.8 Å². The van der Waals surface area contributed by atoms with E-state index in [0.717, 1.165) is 6.42 Å². The molecular formula is C13H24N6O3. The molecule has 0 bridgehead atoms. The van der Waals surface area contributed by atoms with Gasteiger partial charge >= 0.3 is 0 Å². The largest absolute Gasteiger partial charge is 0.370 e. The average Bonchev–Trinajstić information content (AvgIpc) is 2.91. The van der Waals surface area contributed by atoms with Gasteiger partial charge in [-0.25, -0.2) is 0 Å². The van der Waals surface area contributed by atoms with E-state index in [0.29, 0.717) is 32.4 Å². The molecule has 1 rings (SSSR count). The van der Waals surface area contributed by atoms with Gasteiger partial charge in [0.05, 0.1) is 0 Å². The minimum Gasteiger partial charge on any atom is -0.370 e. The van der Waals surface area contributed by atoms with Crippen LogP contribution in [0.4, 0.5) is 0 Å². The summed E-state index contributed by atoms with van der Waals surface area (Å²) in [6.07, 6.45) is 2.20. The molecule has 0 aromatic rings. The quantitative estimate of drug-likeness (QED) is 0.243. The van der Waals surface area contributed by atoms with Crippen LogP contribution in [0.2, 0.25) is 0 Å². The maximum Gasteiger partial charge on any atom is 0.243 e. The van der Waals surface area contributed by atoms with Crippen LogP contribution in [0.5, 0.6) is 0 Å². The zero-order chi connectivity index (χ0) is 16.7. The van der Waals surface area contributed by atoms with E-state index in [2.05, 4.69) is 10.3 Å². The Morgan fingerprint density at radius 2 is 2.00 bits per heavy atom. The molecule has 3 amide bonds. The number of hydrogen-bond donors (Lipinski definition) is 4. The number of nitrogens with two attached hydrogens (primary N) is 3. The first-order chi connectivity index (χ1) is 10.3. The van der Waals surface area contributed by atoms with Crippen molar-refractivity contribution in [1.82, 2.24) is 10.2 Å². The van der Waals surface area contributed by atoms with Gasteiger partial charge < -0.3 is 27.4 Å². The number of primary amides is 1. The summed E-state index contributed by atoms with van der Waals surface area (Å²) in [6.45, 7) is 2.33. The molecule has 0 aromatic carbocycles. The van der Waals surface area contributed by atoms with E-state index < -0.39 is 18.0 Å². The summed E-state index contributed by atoms with van der Waals surface area (Å²) < 4.78 is 0. The van der Waals surface area contributed by atoms with Gasteiger partial charge in [-0.2, -0.15) is 0 Å². The highest BCUT2D eigenvalue weighted by Crippen LogP contribution is 2.17. The number of guanidine groups is 1. The summed E-state index contributed by atoms with van der Waals surface area (Å²) in [7, 11) is 0. The Labute approximate surface area is 129 Å². The van der Waals surface area contributed by atoms with Crippen molar-refractivity contribution in [1.29, 1.82) is 0 Å². The van der Waals surface area contributed by atoms with Crippen LogP contribution in [-0.2, 0) is 14.4 Å². The summed E-state index contributed by atoms with van der Waals surface area (Å²) >= 11 is 0. The normalized spacial score (nSPS) is 18.6. The summed E-state index contributed by atoms with van der Waals surface area (Å²) in [4.78, 5) is 40.5. The fourth-order valence-electron chi connectivity index (χ4n) is 2.47. The molecule has 0 spiro atoms. The van der Waals surface area contributed by atoms with Crippen molar-refractivity contribution in [3.8, 4) is 0 Å². The monoisotopic (exact) mass is 312 g/mol. The maximum atomic E-state index is 12.2. The lowest BCUT2D eigenvalue weighted by Crippen LogP contribution is -2.52. The molecular weight excluding hydrogens is 288 g/mol. The smallest absolute Gasteiger partial charge is 0.243 e. The van der Waals surface area contributed by atoms with Crippen molar-refractivity contribution >= 4 is 23.7 Å². The van der Waals surface area contributed by atoms with Gasteiger partial charge in [-0.15, -0.1) is 0 Å². The van der Waals surface area contributed by atoms with E-state index in [4.69, 9.17) is 17.2 Å². The van der Waals surface area contributed by atoms with E-state index in [1.807, 2.05) is 0 Å². The highest BCUT2D eigenvalue weighted by Gasteiger charge is 2.33. The van der Waals surface area contributed by atoms with Crippen LogP contribution in [0.1, 0.15) is 32.6 Å². The van der Waals surface area contributed by atoms with Gasteiger partial charge in [0.1, 0.15) is 12.1 Å². The molecule has 1 heterocycles. The molecule has 124 valence electrons. The zero-order valence-corrected chi connectivity index (χ0v) is 12.7. The Hall–Kier alpha value is -2.32. The van der Waals surface area contributed by atoms with Gasteiger partial charge in [0.25, 0.3) is 0 Å². The van der Waals surface area contributed by atoms with E-state index >= 15 is 0 Å². The molecule has 1 fully saturated rings. The summed E-state index contributed by atoms with van der Waals surface area (Å²) in [5.41, 5.74) is 15.7. The van der Waals surface area contributed by atoms with Crippen molar-refractivity contribution in [3.63, 3.8) is 0 Å². The average molecular weight is 312 g/mol. The number of carbonyl (C=O) groups excluding carboxylic acids is 3. The first-order valence-corrected chi connectivity index (χ1v) is 7.25. The van der Waals surface area contributed by atoms with Crippen LogP contribution in [-0.4, -0.2) is 53.8 Å². The Morgan fingerprint density at radius 1 is 1.32 bits per heavy atom. The highest BCUT2D eigenvalue weighted by molar-refractivity contribution is 5.91. The van der Waals surface area contributed by atoms with Crippen LogP contribution in [0.3, 0.4) is 0 Å². The number of amides is 3. The van der Waals surface area contributed by atoms with Crippen LogP contribution in [0.25, 0.3) is 0 Å². The molecule has 1 unspecified atom stereocenters. The standard InChI is InChI=1S/C13H24N6O3/c1-8(20)19-7-3-5-10(19)12(22)18-9(11(14)21)4-2-6-17-13(15)16/h9-10H,2-7H2,1H3,(H2,14,21)(H,18,22)(H4,15,16,17)/t9?,10-/m1/s1. The molecule has 2 atom stereocenters. The fourth-order valence-corrected chi connectivity index (χ4v) is 2.47. The van der Waals surface area contributed by atoms with Crippen LogP contribution >= 0.6 is 0 Å². The van der Waals surface area contributed by atoms with Crippen molar-refractivity contribution in [3.05, 3.63) is 0 Å². The lowest BCUT2D eigenvalue weighted by molar-refractivity contribution is -0.138. The molecule has 0 radical (unpaired) electrons. The Morgan fingerprint density at radius 3 is 2.55 bits per heavy atom. The first-order valence-electron chi connectivity index (χ1n) is 7.25. The van der Waals surface area contributed by atoms with Gasteiger partial charge in [-0.05, 0) is 25.7 Å². The second kappa shape index (κ2) is 8.20. The topological polar surface area (TPSA) is 157 Å². The van der Waals surface area contributed by atoms with Gasteiger partial charge in [0.2, 0.25) is 17.7 Å². The summed E-state index contributed by atoms with van der Waals surface area (Å²) in [5, 5.41) is 2.61. The van der Waals surface area contributed by atoms with Crippen molar-refractivity contribution < 1.29 is 14.4 Å². The molecule has 0 aromatic heterocycles. The zero-order valence-electron chi connectivity index (χ0n) is 12.7. The molecule has 1 aliphatic heterocycles. The minimum atomic E-state index is -0.795. The molecule has 1 saturated heterocycles. The van der Waals surface area contributed by atoms with Crippen molar-refractivity contribution in [2.75, 3.05) is 13.1 Å². The number of likely N-dealkylation sites (tertiary alicyclic amines) is 1. The van der Waals surface area contributed by atoms with Gasteiger partial charge in [0.15, 0.2) is 5.96 Å². The molecule has 0 aliphatic carbocycles. The summed E-state index contributed by atoms with van der Waals surface area (Å²) in [5.74, 6) is -1.15. The van der Waals surface area contributed by atoms with Crippen molar-refractivity contribution in [2.45, 2.75) is 44.7 Å². The number of nitrogens with one attached hydrogen (secondary N) is 1. The first kappa shape index (κ1) is 17.7. The number of hydrogen-bond acceptors (Lipinski definition) is 4. The Balaban J connectivity index is 2.55. The predicted octanol–water partition coefficient (Wildman–Crippen LogP) is -1.98. The molecule has 9 heteroatoms. The van der Waals surface area contributed by atoms with Gasteiger partial charge in [0, 0.05) is 20.0 Å². The maximum absolute atomic E-state index is 12.2. The third-order valence-corrected chi connectivity index (χ3v) is 3.57. The Bertz CT molecular complexity index is 461. The van der Waals surface area contributed by atoms with Gasteiger partial charge in [-0.3, -0.25) is 19.4 Å². The minimum absolute atomic E-state index is 0.0253. The van der Waals surface area contributed by atoms with Gasteiger partial charge in [-0.1, -0.05) is 0 Å². The predicted molar refractivity (Wildman–Crippen MR) is 81.4 cm³/mol. The van der Waals surface area contributed by atoms with Crippen LogP contribution < -0.4 is 22.5 Å². The molecule has 1 aliphatic rings. The fraction of sp³-hybridized carbons (Fsp3) is 0.692. The third-order valence-electron chi connectivity index (χ3n) is 3.57. The SMILES string of the molecule is CC(=O)N1CCC[C@@H]1C(=O)NC(CCCN=C(N)N)C(N)=O. The highest BCUT2D eigenvalue weighted by atomic mass is 16.2. The number of rotatable bonds is 7. The second-order valence-corrected chi connectivity index (χ2v) is 5.28. The number of nitrogens with zero attached hydrogens (tertiary/aromatic N) is 2. The van der Waals surface area contributed by atoms with Crippen molar-refractivity contribution in [2.24, 2.45) is 22.2 Å². The molecule has 0 saturated carbocycles. The lowest BCUT2D eigenvalue weighted by atomic mass is 10.1. The molecule has 22 heavy (non-hydrogen) atoms. The third kappa shape index (κ3) is 5.23. The molecule has 7 N–H and O–H groups in total. The number of aliphatic imine (C=N–C) groups is 1. The molecule has 9 nitrogen and oxygen atoms in total. The van der Waals surface area contributed by atoms with E-state index in [-0.39, 0.29) is 17.8 Å². The van der Waals surface area contributed by atoms with Crippen LogP contribution in [0, 0.1) is 0 Å². The Kier molecular flexibility index (Phi) is 6.61. The number of carbonyl (C=O) groups is 3.